The molecule has 1 aromatic carbocycles. The van der Waals surface area contributed by atoms with Gasteiger partial charge in [-0.1, -0.05) is 44.0 Å². The monoisotopic (exact) mass is 345 g/mol. The summed E-state index contributed by atoms with van der Waals surface area (Å²) in [5, 5.41) is 0. The molecule has 2 saturated carbocycles. The molecule has 4 rings (SSSR count). The molecule has 0 aliphatic heterocycles. The number of nitrogens with one attached hydrogen (secondary N) is 1. The average molecular weight is 346 g/mol. The number of benzene rings is 1. The zero-order chi connectivity index (χ0) is 17.2. The molecule has 0 aromatic heterocycles. The molecule has 3 heteroatoms. The van der Waals surface area contributed by atoms with Gasteiger partial charge in [-0.05, 0) is 63.5 Å². The third-order valence-electron chi connectivity index (χ3n) is 6.99. The molecule has 0 heterocycles. The second kappa shape index (κ2) is 5.49. The fourth-order valence-electron chi connectivity index (χ4n) is 5.42. The van der Waals surface area contributed by atoms with Gasteiger partial charge in [-0.15, -0.1) is 4.72 Å². The van der Waals surface area contributed by atoms with Gasteiger partial charge in [0.1, 0.15) is 4.75 Å². The average Bonchev–Trinajstić information content (AvgIpc) is 3.31. The van der Waals surface area contributed by atoms with E-state index in [0.717, 1.165) is 5.92 Å². The van der Waals surface area contributed by atoms with E-state index in [1.807, 2.05) is 0 Å². The molecule has 0 unspecified atom stereocenters. The first-order chi connectivity index (χ1) is 11.3. The Balaban J connectivity index is 1.76. The molecule has 132 valence electrons. The van der Waals surface area contributed by atoms with Crippen molar-refractivity contribution >= 4 is 11.4 Å². The maximum atomic E-state index is 13.0. The fourth-order valence-corrected chi connectivity index (χ4v) is 6.34. The van der Waals surface area contributed by atoms with Gasteiger partial charge in [0.2, 0.25) is 0 Å². The zero-order valence-electron chi connectivity index (χ0n) is 15.5. The fraction of sp³-hybridized carbons (Fsp3) is 0.714. The van der Waals surface area contributed by atoms with Gasteiger partial charge in [0.05, 0.1) is 6.04 Å². The lowest BCUT2D eigenvalue weighted by Gasteiger charge is -2.46. The van der Waals surface area contributed by atoms with Crippen LogP contribution >= 0.6 is 0 Å². The molecule has 3 aliphatic rings. The molecule has 2 nitrogen and oxygen atoms in total. The first-order valence-electron chi connectivity index (χ1n) is 9.58. The van der Waals surface area contributed by atoms with E-state index < -0.39 is 11.4 Å². The molecule has 0 saturated heterocycles. The van der Waals surface area contributed by atoms with Gasteiger partial charge in [-0.25, -0.2) is 0 Å². The van der Waals surface area contributed by atoms with Gasteiger partial charge in [0.25, 0.3) is 0 Å². The van der Waals surface area contributed by atoms with Gasteiger partial charge < -0.3 is 4.55 Å². The van der Waals surface area contributed by atoms with Crippen molar-refractivity contribution in [3.05, 3.63) is 35.4 Å². The second-order valence-electron chi connectivity index (χ2n) is 9.44. The highest BCUT2D eigenvalue weighted by Gasteiger charge is 2.69. The van der Waals surface area contributed by atoms with E-state index >= 15 is 0 Å². The Morgan fingerprint density at radius 1 is 1.08 bits per heavy atom. The molecular weight excluding hydrogens is 314 g/mol. The summed E-state index contributed by atoms with van der Waals surface area (Å²) in [6, 6.07) is 9.25. The highest BCUT2D eigenvalue weighted by Crippen LogP contribution is 2.74. The van der Waals surface area contributed by atoms with E-state index in [9.17, 15) is 4.55 Å². The first-order valence-corrected chi connectivity index (χ1v) is 10.7. The molecule has 0 radical (unpaired) electrons. The van der Waals surface area contributed by atoms with Gasteiger partial charge >= 0.3 is 0 Å². The van der Waals surface area contributed by atoms with Crippen LogP contribution in [0.25, 0.3) is 0 Å². The standard InChI is InChI=1S/C21H31NOS/c1-15-9-11-21(12-10-15)18(22-24(23)19(2,3)4)16-7-5-6-8-17(16)20(21)13-14-20/h5-8,15,18,22H,9-14H2,1-4H3/t15?,18-,21?,24-/m1/s1. The van der Waals surface area contributed by atoms with Crippen molar-refractivity contribution in [2.24, 2.45) is 11.3 Å². The number of fused-ring (bicyclic) bond motifs is 3. The van der Waals surface area contributed by atoms with Crippen LogP contribution in [0, 0.1) is 11.3 Å². The highest BCUT2D eigenvalue weighted by molar-refractivity contribution is 7.90. The summed E-state index contributed by atoms with van der Waals surface area (Å²) in [6.45, 7) is 8.60. The van der Waals surface area contributed by atoms with Crippen LogP contribution in [0.4, 0.5) is 0 Å². The van der Waals surface area contributed by atoms with Gasteiger partial charge in [-0.2, -0.15) is 0 Å². The largest absolute Gasteiger partial charge is 0.598 e. The molecule has 0 bridgehead atoms. The van der Waals surface area contributed by atoms with E-state index in [2.05, 4.69) is 56.7 Å². The van der Waals surface area contributed by atoms with E-state index in [-0.39, 0.29) is 16.2 Å². The number of hydrogen-bond donors (Lipinski definition) is 1. The SMILES string of the molecule is CC1CCC2(CC1)[C@H](N[S@+]([O-])C(C)(C)C)c1ccccc1C21CC1. The zero-order valence-corrected chi connectivity index (χ0v) is 16.3. The molecule has 3 aliphatic carbocycles. The smallest absolute Gasteiger partial charge is 0.136 e. The minimum Gasteiger partial charge on any atom is -0.598 e. The molecule has 2 spiro atoms. The Bertz CT molecular complexity index is 623. The number of hydrogen-bond acceptors (Lipinski definition) is 2. The second-order valence-corrected chi connectivity index (χ2v) is 11.4. The predicted molar refractivity (Wildman–Crippen MR) is 101 cm³/mol. The lowest BCUT2D eigenvalue weighted by molar-refractivity contribution is 0.0813. The van der Waals surface area contributed by atoms with E-state index in [4.69, 9.17) is 0 Å². The van der Waals surface area contributed by atoms with Crippen molar-refractivity contribution in [2.45, 2.75) is 82.4 Å². The molecular formula is C21H31NOS. The third kappa shape index (κ3) is 2.31. The summed E-state index contributed by atoms with van der Waals surface area (Å²) in [6.07, 6.45) is 7.83. The minimum absolute atomic E-state index is 0.225. The minimum atomic E-state index is -1.03. The third-order valence-corrected chi connectivity index (χ3v) is 8.55. The van der Waals surface area contributed by atoms with E-state index in [1.54, 1.807) is 5.56 Å². The van der Waals surface area contributed by atoms with Crippen LogP contribution in [0.15, 0.2) is 24.3 Å². The molecule has 1 N–H and O–H groups in total. The van der Waals surface area contributed by atoms with Crippen LogP contribution in [-0.4, -0.2) is 9.30 Å². The Morgan fingerprint density at radius 2 is 1.71 bits per heavy atom. The maximum absolute atomic E-state index is 13.0. The molecule has 2 fully saturated rings. The molecule has 2 atom stereocenters. The topological polar surface area (TPSA) is 35.1 Å². The van der Waals surface area contributed by atoms with Crippen molar-refractivity contribution < 1.29 is 4.55 Å². The van der Waals surface area contributed by atoms with Crippen LogP contribution in [0.3, 0.4) is 0 Å². The molecule has 1 aromatic rings. The Hall–Kier alpha value is -0.510. The highest BCUT2D eigenvalue weighted by atomic mass is 32.2. The van der Waals surface area contributed by atoms with Crippen LogP contribution in [-0.2, 0) is 16.8 Å². The summed E-state index contributed by atoms with van der Waals surface area (Å²) in [5.41, 5.74) is 3.64. The van der Waals surface area contributed by atoms with Crippen molar-refractivity contribution in [1.29, 1.82) is 0 Å². The van der Waals surface area contributed by atoms with Crippen LogP contribution < -0.4 is 4.72 Å². The first kappa shape index (κ1) is 16.9. The summed E-state index contributed by atoms with van der Waals surface area (Å²) in [7, 11) is 0. The van der Waals surface area contributed by atoms with Crippen LogP contribution in [0.1, 0.15) is 83.4 Å². The Labute approximate surface area is 150 Å². The van der Waals surface area contributed by atoms with Crippen LogP contribution in [0.2, 0.25) is 0 Å². The van der Waals surface area contributed by atoms with Crippen molar-refractivity contribution in [2.75, 3.05) is 0 Å². The Kier molecular flexibility index (Phi) is 3.87. The van der Waals surface area contributed by atoms with Crippen molar-refractivity contribution in [3.8, 4) is 0 Å². The van der Waals surface area contributed by atoms with Crippen molar-refractivity contribution in [3.63, 3.8) is 0 Å². The maximum Gasteiger partial charge on any atom is 0.136 e. The normalized spacial score (nSPS) is 35.2. The lowest BCUT2D eigenvalue weighted by atomic mass is 9.61. The van der Waals surface area contributed by atoms with E-state index in [1.165, 1.54) is 44.1 Å². The molecule has 24 heavy (non-hydrogen) atoms. The summed E-state index contributed by atoms with van der Waals surface area (Å²) in [4.78, 5) is 0. The van der Waals surface area contributed by atoms with Crippen molar-refractivity contribution in [1.82, 2.24) is 4.72 Å². The Morgan fingerprint density at radius 3 is 2.29 bits per heavy atom. The quantitative estimate of drug-likeness (QED) is 0.764. The predicted octanol–water partition coefficient (Wildman–Crippen LogP) is 5.02. The lowest BCUT2D eigenvalue weighted by Crippen LogP contribution is -2.49. The summed E-state index contributed by atoms with van der Waals surface area (Å²) in [5.74, 6) is 0.837. The van der Waals surface area contributed by atoms with E-state index in [0.29, 0.717) is 5.41 Å². The summed E-state index contributed by atoms with van der Waals surface area (Å²) >= 11 is -1.03. The summed E-state index contributed by atoms with van der Waals surface area (Å²) < 4.78 is 16.3. The van der Waals surface area contributed by atoms with Gasteiger partial charge in [-0.3, -0.25) is 0 Å². The molecule has 0 amide bonds. The van der Waals surface area contributed by atoms with Gasteiger partial charge in [0, 0.05) is 22.2 Å². The van der Waals surface area contributed by atoms with Crippen LogP contribution in [0.5, 0.6) is 0 Å². The number of rotatable bonds is 2. The van der Waals surface area contributed by atoms with Gasteiger partial charge in [0.15, 0.2) is 0 Å².